The highest BCUT2D eigenvalue weighted by molar-refractivity contribution is 5.97. The van der Waals surface area contributed by atoms with Crippen LogP contribution in [0.25, 0.3) is 0 Å². The topological polar surface area (TPSA) is 35.5 Å². The quantitative estimate of drug-likeness (QED) is 0.764. The fourth-order valence-corrected chi connectivity index (χ4v) is 2.65. The molecule has 3 nitrogen and oxygen atoms in total. The van der Waals surface area contributed by atoms with Crippen LogP contribution in [0.1, 0.15) is 42.5 Å². The van der Waals surface area contributed by atoms with E-state index in [2.05, 4.69) is 0 Å². The largest absolute Gasteiger partial charge is 0.493 e. The first kappa shape index (κ1) is 13.8. The minimum atomic E-state index is -0.541. The van der Waals surface area contributed by atoms with E-state index in [0.29, 0.717) is 23.8 Å². The Kier molecular flexibility index (Phi) is 4.40. The van der Waals surface area contributed by atoms with Crippen LogP contribution in [0, 0.1) is 11.7 Å². The molecule has 0 N–H and O–H groups in total. The second-order valence-corrected chi connectivity index (χ2v) is 4.96. The van der Waals surface area contributed by atoms with Crippen LogP contribution < -0.4 is 9.47 Å². The molecule has 1 aliphatic rings. The van der Waals surface area contributed by atoms with E-state index < -0.39 is 5.82 Å². The first-order valence-electron chi connectivity index (χ1n) is 6.60. The highest BCUT2D eigenvalue weighted by Gasteiger charge is 2.22. The number of Topliss-reactive ketones (excluding diaryl/α,β-unsaturated/α-hetero) is 1. The van der Waals surface area contributed by atoms with Crippen LogP contribution >= 0.6 is 0 Å². The van der Waals surface area contributed by atoms with Crippen molar-refractivity contribution in [3.63, 3.8) is 0 Å². The van der Waals surface area contributed by atoms with Crippen LogP contribution in [-0.4, -0.2) is 20.0 Å². The molecular weight excluding hydrogens is 247 g/mol. The number of ketones is 1. The lowest BCUT2D eigenvalue weighted by Gasteiger charge is -2.12. The zero-order chi connectivity index (χ0) is 13.8. The SMILES string of the molecule is COc1cc(F)c(C(=O)CC2CCCC2)cc1OC. The summed E-state index contributed by atoms with van der Waals surface area (Å²) < 4.78 is 24.0. The summed E-state index contributed by atoms with van der Waals surface area (Å²) in [4.78, 5) is 12.2. The Bertz CT molecular complexity index is 465. The average molecular weight is 266 g/mol. The fourth-order valence-electron chi connectivity index (χ4n) is 2.65. The molecule has 0 amide bonds. The molecule has 0 radical (unpaired) electrons. The summed E-state index contributed by atoms with van der Waals surface area (Å²) in [6.45, 7) is 0. The van der Waals surface area contributed by atoms with Gasteiger partial charge >= 0.3 is 0 Å². The van der Waals surface area contributed by atoms with E-state index in [0.717, 1.165) is 12.8 Å². The first-order valence-corrected chi connectivity index (χ1v) is 6.60. The normalized spacial score (nSPS) is 15.5. The van der Waals surface area contributed by atoms with Crippen molar-refractivity contribution < 1.29 is 18.7 Å². The van der Waals surface area contributed by atoms with Gasteiger partial charge in [-0.2, -0.15) is 0 Å². The van der Waals surface area contributed by atoms with Gasteiger partial charge in [0.1, 0.15) is 5.82 Å². The Balaban J connectivity index is 2.20. The van der Waals surface area contributed by atoms with Gasteiger partial charge < -0.3 is 9.47 Å². The lowest BCUT2D eigenvalue weighted by atomic mass is 9.96. The van der Waals surface area contributed by atoms with Gasteiger partial charge in [-0.25, -0.2) is 4.39 Å². The van der Waals surface area contributed by atoms with E-state index in [4.69, 9.17) is 9.47 Å². The predicted octanol–water partition coefficient (Wildman–Crippen LogP) is 3.61. The maximum Gasteiger partial charge on any atom is 0.166 e. The van der Waals surface area contributed by atoms with Crippen LogP contribution in [0.3, 0.4) is 0 Å². The van der Waals surface area contributed by atoms with E-state index in [1.165, 1.54) is 39.2 Å². The monoisotopic (exact) mass is 266 g/mol. The van der Waals surface area contributed by atoms with Gasteiger partial charge in [-0.1, -0.05) is 25.7 Å². The van der Waals surface area contributed by atoms with Gasteiger partial charge in [0.15, 0.2) is 17.3 Å². The molecule has 0 atom stereocenters. The number of carbonyl (C=O) groups is 1. The third-order valence-electron chi connectivity index (χ3n) is 3.72. The van der Waals surface area contributed by atoms with Crippen LogP contribution in [-0.2, 0) is 0 Å². The first-order chi connectivity index (χ1) is 9.15. The number of hydrogen-bond acceptors (Lipinski definition) is 3. The summed E-state index contributed by atoms with van der Waals surface area (Å²) in [5, 5.41) is 0. The molecule has 0 heterocycles. The van der Waals surface area contributed by atoms with Crippen LogP contribution in [0.4, 0.5) is 4.39 Å². The van der Waals surface area contributed by atoms with Crippen molar-refractivity contribution in [1.82, 2.24) is 0 Å². The predicted molar refractivity (Wildman–Crippen MR) is 70.4 cm³/mol. The van der Waals surface area contributed by atoms with Crippen molar-refractivity contribution in [2.24, 2.45) is 5.92 Å². The molecule has 0 bridgehead atoms. The van der Waals surface area contributed by atoms with Crippen LogP contribution in [0.5, 0.6) is 11.5 Å². The van der Waals surface area contributed by atoms with Gasteiger partial charge in [0.05, 0.1) is 19.8 Å². The van der Waals surface area contributed by atoms with Crippen molar-refractivity contribution in [2.75, 3.05) is 14.2 Å². The molecule has 104 valence electrons. The smallest absolute Gasteiger partial charge is 0.166 e. The fraction of sp³-hybridized carbons (Fsp3) is 0.533. The van der Waals surface area contributed by atoms with Crippen LogP contribution in [0.2, 0.25) is 0 Å². The lowest BCUT2D eigenvalue weighted by Crippen LogP contribution is -2.08. The van der Waals surface area contributed by atoms with Gasteiger partial charge in [0.25, 0.3) is 0 Å². The van der Waals surface area contributed by atoms with E-state index in [-0.39, 0.29) is 11.3 Å². The second-order valence-electron chi connectivity index (χ2n) is 4.96. The van der Waals surface area contributed by atoms with Crippen molar-refractivity contribution in [3.05, 3.63) is 23.5 Å². The zero-order valence-electron chi connectivity index (χ0n) is 11.4. The van der Waals surface area contributed by atoms with Crippen molar-refractivity contribution >= 4 is 5.78 Å². The third-order valence-corrected chi connectivity index (χ3v) is 3.72. The highest BCUT2D eigenvalue weighted by atomic mass is 19.1. The molecule has 19 heavy (non-hydrogen) atoms. The Hall–Kier alpha value is -1.58. The molecule has 1 saturated carbocycles. The summed E-state index contributed by atoms with van der Waals surface area (Å²) >= 11 is 0. The molecule has 1 aromatic rings. The summed E-state index contributed by atoms with van der Waals surface area (Å²) in [5.41, 5.74) is 0.101. The third kappa shape index (κ3) is 3.06. The minimum absolute atomic E-state index is 0.101. The van der Waals surface area contributed by atoms with E-state index >= 15 is 0 Å². The summed E-state index contributed by atoms with van der Waals surface area (Å²) in [6, 6.07) is 2.65. The number of benzene rings is 1. The van der Waals surface area contributed by atoms with Crippen molar-refractivity contribution in [3.8, 4) is 11.5 Å². The molecular formula is C15H19FO3. The van der Waals surface area contributed by atoms with E-state index in [1.807, 2.05) is 0 Å². The molecule has 0 saturated heterocycles. The molecule has 0 unspecified atom stereocenters. The molecule has 1 aromatic carbocycles. The van der Waals surface area contributed by atoms with E-state index in [1.54, 1.807) is 0 Å². The number of methoxy groups -OCH3 is 2. The molecule has 0 aliphatic heterocycles. The van der Waals surface area contributed by atoms with Gasteiger partial charge in [-0.15, -0.1) is 0 Å². The maximum atomic E-state index is 13.9. The molecule has 4 heteroatoms. The van der Waals surface area contributed by atoms with Gasteiger partial charge in [-0.3, -0.25) is 4.79 Å². The van der Waals surface area contributed by atoms with Crippen LogP contribution in [0.15, 0.2) is 12.1 Å². The Morgan fingerprint density at radius 1 is 1.21 bits per heavy atom. The number of hydrogen-bond donors (Lipinski definition) is 0. The maximum absolute atomic E-state index is 13.9. The van der Waals surface area contributed by atoms with E-state index in [9.17, 15) is 9.18 Å². The van der Waals surface area contributed by atoms with Crippen molar-refractivity contribution in [1.29, 1.82) is 0 Å². The Morgan fingerprint density at radius 3 is 2.37 bits per heavy atom. The second kappa shape index (κ2) is 6.04. The van der Waals surface area contributed by atoms with Gasteiger partial charge in [-0.05, 0) is 12.0 Å². The molecule has 1 fully saturated rings. The summed E-state index contributed by atoms with van der Waals surface area (Å²) in [5.74, 6) is 0.405. The number of ether oxygens (including phenoxy) is 2. The standard InChI is InChI=1S/C15H19FO3/c1-18-14-8-11(12(16)9-15(14)19-2)13(17)7-10-5-3-4-6-10/h8-10H,3-7H2,1-2H3. The summed E-state index contributed by atoms with van der Waals surface area (Å²) in [6.07, 6.45) is 4.91. The minimum Gasteiger partial charge on any atom is -0.493 e. The average Bonchev–Trinajstić information content (AvgIpc) is 2.90. The van der Waals surface area contributed by atoms with Gasteiger partial charge in [0.2, 0.25) is 0 Å². The Labute approximate surface area is 112 Å². The molecule has 0 spiro atoms. The summed E-state index contributed by atoms with van der Waals surface area (Å²) in [7, 11) is 2.91. The number of halogens is 1. The lowest BCUT2D eigenvalue weighted by molar-refractivity contribution is 0.0957. The molecule has 1 aliphatic carbocycles. The van der Waals surface area contributed by atoms with Crippen molar-refractivity contribution in [2.45, 2.75) is 32.1 Å². The highest BCUT2D eigenvalue weighted by Crippen LogP contribution is 2.33. The number of rotatable bonds is 5. The molecule has 2 rings (SSSR count). The Morgan fingerprint density at radius 2 is 1.79 bits per heavy atom. The number of carbonyl (C=O) groups excluding carboxylic acids is 1. The zero-order valence-corrected chi connectivity index (χ0v) is 11.4. The molecule has 0 aromatic heterocycles. The van der Waals surface area contributed by atoms with Gasteiger partial charge in [0, 0.05) is 12.5 Å².